The molecule has 0 bridgehead atoms. The molecule has 1 aromatic carbocycles. The molecule has 0 fully saturated rings. The molecular weight excluding hydrogens is 264 g/mol. The summed E-state index contributed by atoms with van der Waals surface area (Å²) in [5, 5.41) is 23.8. The highest BCUT2D eigenvalue weighted by Gasteiger charge is 2.14. The summed E-state index contributed by atoms with van der Waals surface area (Å²) in [6, 6.07) is 11.9. The van der Waals surface area contributed by atoms with Gasteiger partial charge in [0.2, 0.25) is 0 Å². The number of aryl methyl sites for hydroxylation is 1. The topological polar surface area (TPSA) is 83.2 Å². The van der Waals surface area contributed by atoms with Crippen molar-refractivity contribution in [3.63, 3.8) is 0 Å². The molecule has 0 amide bonds. The first kappa shape index (κ1) is 12.9. The van der Waals surface area contributed by atoms with Crippen LogP contribution in [-0.4, -0.2) is 19.3 Å². The molecule has 0 atom stereocenters. The third kappa shape index (κ3) is 2.03. The molecule has 2 heterocycles. The van der Waals surface area contributed by atoms with Gasteiger partial charge < -0.3 is 4.57 Å². The predicted octanol–water partition coefficient (Wildman–Crippen LogP) is 2.04. The van der Waals surface area contributed by atoms with Gasteiger partial charge in [-0.15, -0.1) is 0 Å². The normalized spacial score (nSPS) is 10.4. The number of aromatic nitrogens is 4. The van der Waals surface area contributed by atoms with Crippen molar-refractivity contribution in [3.05, 3.63) is 47.7 Å². The summed E-state index contributed by atoms with van der Waals surface area (Å²) in [6.07, 6.45) is 1.51. The van der Waals surface area contributed by atoms with Gasteiger partial charge in [-0.25, -0.2) is 4.98 Å². The lowest BCUT2D eigenvalue weighted by atomic mass is 10.2. The Balaban J connectivity index is 2.09. The summed E-state index contributed by atoms with van der Waals surface area (Å²) >= 11 is 0. The minimum Gasteiger partial charge on any atom is -0.315 e. The van der Waals surface area contributed by atoms with E-state index >= 15 is 0 Å². The molecule has 6 heteroatoms. The largest absolute Gasteiger partial charge is 0.315 e. The van der Waals surface area contributed by atoms with E-state index in [1.165, 1.54) is 6.33 Å². The Labute approximate surface area is 121 Å². The highest BCUT2D eigenvalue weighted by atomic mass is 15.3. The van der Waals surface area contributed by atoms with Gasteiger partial charge >= 0.3 is 0 Å². The smallest absolute Gasteiger partial charge is 0.176 e. The van der Waals surface area contributed by atoms with Gasteiger partial charge in [0, 0.05) is 11.9 Å². The summed E-state index contributed by atoms with van der Waals surface area (Å²) in [5.74, 6) is 0. The third-order valence-corrected chi connectivity index (χ3v) is 3.40. The van der Waals surface area contributed by atoms with Crippen LogP contribution in [0.25, 0.3) is 10.9 Å². The van der Waals surface area contributed by atoms with E-state index in [0.29, 0.717) is 6.54 Å². The van der Waals surface area contributed by atoms with Crippen molar-refractivity contribution < 1.29 is 0 Å². The van der Waals surface area contributed by atoms with Crippen LogP contribution in [-0.2, 0) is 13.1 Å². The van der Waals surface area contributed by atoms with E-state index < -0.39 is 0 Å². The van der Waals surface area contributed by atoms with Crippen molar-refractivity contribution in [3.8, 4) is 12.1 Å². The molecule has 6 nitrogen and oxygen atoms in total. The minimum absolute atomic E-state index is 0.150. The molecule has 0 spiro atoms. The second kappa shape index (κ2) is 5.10. The van der Waals surface area contributed by atoms with Crippen molar-refractivity contribution in [2.24, 2.45) is 0 Å². The molecule has 3 rings (SSSR count). The summed E-state index contributed by atoms with van der Waals surface area (Å²) in [4.78, 5) is 3.95. The van der Waals surface area contributed by atoms with Gasteiger partial charge in [0.05, 0.1) is 24.1 Å². The van der Waals surface area contributed by atoms with Crippen molar-refractivity contribution >= 4 is 10.9 Å². The highest BCUT2D eigenvalue weighted by molar-refractivity contribution is 5.81. The second-order valence-corrected chi connectivity index (χ2v) is 4.57. The lowest BCUT2D eigenvalue weighted by Crippen LogP contribution is -2.04. The lowest BCUT2D eigenvalue weighted by molar-refractivity contribution is 0.652. The number of imidazole rings is 1. The Kier molecular flexibility index (Phi) is 3.13. The average Bonchev–Trinajstić information content (AvgIpc) is 3.08. The van der Waals surface area contributed by atoms with Gasteiger partial charge in [-0.2, -0.15) is 15.6 Å². The summed E-state index contributed by atoms with van der Waals surface area (Å²) in [7, 11) is 0. The first-order valence-electron chi connectivity index (χ1n) is 6.58. The first-order chi connectivity index (χ1) is 10.3. The van der Waals surface area contributed by atoms with Crippen LogP contribution in [0.15, 0.2) is 30.6 Å². The fraction of sp³-hybridized carbons (Fsp3) is 0.200. The van der Waals surface area contributed by atoms with Crippen LogP contribution in [0.5, 0.6) is 0 Å². The van der Waals surface area contributed by atoms with Crippen molar-refractivity contribution in [2.45, 2.75) is 20.0 Å². The summed E-state index contributed by atoms with van der Waals surface area (Å²) < 4.78 is 3.59. The maximum Gasteiger partial charge on any atom is 0.176 e. The van der Waals surface area contributed by atoms with Crippen molar-refractivity contribution in [1.82, 2.24) is 19.3 Å². The highest BCUT2D eigenvalue weighted by Crippen LogP contribution is 2.20. The Morgan fingerprint density at radius 3 is 2.71 bits per heavy atom. The number of fused-ring (bicyclic) bond motifs is 1. The number of nitriles is 2. The number of hydrogen-bond acceptors (Lipinski definition) is 4. The Hall–Kier alpha value is -3.12. The standard InChI is InChI=1S/C15H12N6/c1-2-21-14-6-4-3-5-11(14)13(19-21)9-20-10-18-12(7-16)15(20)8-17/h3-6,10H,2,9H2,1H3. The quantitative estimate of drug-likeness (QED) is 0.732. The van der Waals surface area contributed by atoms with Crippen LogP contribution in [0.4, 0.5) is 0 Å². The zero-order chi connectivity index (χ0) is 14.8. The monoisotopic (exact) mass is 276 g/mol. The maximum absolute atomic E-state index is 9.17. The molecule has 3 aromatic rings. The third-order valence-electron chi connectivity index (χ3n) is 3.40. The number of para-hydroxylation sites is 1. The van der Waals surface area contributed by atoms with E-state index in [9.17, 15) is 5.26 Å². The second-order valence-electron chi connectivity index (χ2n) is 4.57. The molecule has 0 aliphatic heterocycles. The van der Waals surface area contributed by atoms with E-state index in [4.69, 9.17) is 5.26 Å². The zero-order valence-electron chi connectivity index (χ0n) is 11.5. The van der Waals surface area contributed by atoms with Gasteiger partial charge in [0.15, 0.2) is 11.4 Å². The Bertz CT molecular complexity index is 887. The number of hydrogen-bond donors (Lipinski definition) is 0. The first-order valence-corrected chi connectivity index (χ1v) is 6.58. The van der Waals surface area contributed by atoms with Gasteiger partial charge in [0.1, 0.15) is 12.1 Å². The summed E-state index contributed by atoms with van der Waals surface area (Å²) in [6.45, 7) is 3.24. The molecule has 0 saturated carbocycles. The fourth-order valence-electron chi connectivity index (χ4n) is 2.42. The maximum atomic E-state index is 9.17. The summed E-state index contributed by atoms with van der Waals surface area (Å²) in [5.41, 5.74) is 2.35. The van der Waals surface area contributed by atoms with Gasteiger partial charge in [-0.05, 0) is 13.0 Å². The van der Waals surface area contributed by atoms with Crippen LogP contribution in [0.2, 0.25) is 0 Å². The van der Waals surface area contributed by atoms with Crippen molar-refractivity contribution in [1.29, 1.82) is 10.5 Å². The van der Waals surface area contributed by atoms with E-state index in [1.807, 2.05) is 48.0 Å². The van der Waals surface area contributed by atoms with E-state index in [0.717, 1.165) is 23.1 Å². The molecule has 0 aliphatic rings. The Morgan fingerprint density at radius 2 is 2.00 bits per heavy atom. The molecule has 2 aromatic heterocycles. The zero-order valence-corrected chi connectivity index (χ0v) is 11.5. The van der Waals surface area contributed by atoms with Crippen LogP contribution in [0.3, 0.4) is 0 Å². The lowest BCUT2D eigenvalue weighted by Gasteiger charge is -2.01. The number of rotatable bonds is 3. The van der Waals surface area contributed by atoms with Gasteiger partial charge in [-0.3, -0.25) is 4.68 Å². The molecular formula is C15H12N6. The molecule has 0 unspecified atom stereocenters. The predicted molar refractivity (Wildman–Crippen MR) is 76.2 cm³/mol. The van der Waals surface area contributed by atoms with E-state index in [2.05, 4.69) is 10.1 Å². The number of benzene rings is 1. The molecule has 21 heavy (non-hydrogen) atoms. The Morgan fingerprint density at radius 1 is 1.19 bits per heavy atom. The van der Waals surface area contributed by atoms with Crippen LogP contribution < -0.4 is 0 Å². The molecule has 102 valence electrons. The fourth-order valence-corrected chi connectivity index (χ4v) is 2.42. The number of nitrogens with zero attached hydrogens (tertiary/aromatic N) is 6. The molecule has 0 N–H and O–H groups in total. The molecule has 0 radical (unpaired) electrons. The van der Waals surface area contributed by atoms with Crippen molar-refractivity contribution in [2.75, 3.05) is 0 Å². The SMILES string of the molecule is CCn1nc(Cn2cnc(C#N)c2C#N)c2ccccc21. The van der Waals surface area contributed by atoms with Gasteiger partial charge in [0.25, 0.3) is 0 Å². The van der Waals surface area contributed by atoms with Crippen LogP contribution >= 0.6 is 0 Å². The van der Waals surface area contributed by atoms with Gasteiger partial charge in [-0.1, -0.05) is 18.2 Å². The molecule has 0 saturated heterocycles. The average molecular weight is 276 g/mol. The molecule has 0 aliphatic carbocycles. The van der Waals surface area contributed by atoms with Crippen LogP contribution in [0, 0.1) is 22.7 Å². The van der Waals surface area contributed by atoms with Crippen LogP contribution in [0.1, 0.15) is 24.0 Å². The minimum atomic E-state index is 0.150. The van der Waals surface area contributed by atoms with E-state index in [-0.39, 0.29) is 11.4 Å². The van der Waals surface area contributed by atoms with E-state index in [1.54, 1.807) is 4.57 Å².